The number of nitrogens with one attached hydrogen (secondary N) is 1. The molecule has 0 bridgehead atoms. The molecule has 5 nitrogen and oxygen atoms in total. The maximum Gasteiger partial charge on any atom is 0.228 e. The second-order valence-electron chi connectivity index (χ2n) is 4.37. The van der Waals surface area contributed by atoms with Gasteiger partial charge in [-0.3, -0.25) is 9.59 Å². The van der Waals surface area contributed by atoms with Gasteiger partial charge in [0.05, 0.1) is 12.8 Å². The van der Waals surface area contributed by atoms with E-state index in [0.29, 0.717) is 24.4 Å². The molecular weight excluding hydrogens is 312 g/mol. The normalized spacial score (nSPS) is 18.6. The molecule has 2 amide bonds. The number of methoxy groups -OCH3 is 1. The molecule has 0 aliphatic carbocycles. The average molecular weight is 327 g/mol. The fourth-order valence-electron chi connectivity index (χ4n) is 2.05. The minimum Gasteiger partial charge on any atom is -0.494 e. The van der Waals surface area contributed by atoms with Crippen LogP contribution in [-0.2, 0) is 9.59 Å². The molecule has 0 aromatic heterocycles. The Labute approximate surface area is 120 Å². The summed E-state index contributed by atoms with van der Waals surface area (Å²) in [5.74, 6) is 0.457. The lowest BCUT2D eigenvalue weighted by Crippen LogP contribution is -2.24. The van der Waals surface area contributed by atoms with Gasteiger partial charge in [0.2, 0.25) is 11.8 Å². The van der Waals surface area contributed by atoms with Crippen LogP contribution >= 0.6 is 15.9 Å². The van der Waals surface area contributed by atoms with Gasteiger partial charge in [-0.2, -0.15) is 0 Å². The van der Waals surface area contributed by atoms with Crippen LogP contribution in [-0.4, -0.2) is 30.3 Å². The predicted octanol–water partition coefficient (Wildman–Crippen LogP) is 2.15. The summed E-state index contributed by atoms with van der Waals surface area (Å²) in [6.45, 7) is 2.08. The van der Waals surface area contributed by atoms with Gasteiger partial charge in [0.15, 0.2) is 0 Å². The van der Waals surface area contributed by atoms with E-state index >= 15 is 0 Å². The van der Waals surface area contributed by atoms with Crippen molar-refractivity contribution in [2.24, 2.45) is 0 Å². The smallest absolute Gasteiger partial charge is 0.228 e. The highest BCUT2D eigenvalue weighted by molar-refractivity contribution is 9.09. The summed E-state index contributed by atoms with van der Waals surface area (Å²) < 4.78 is 5.24. The van der Waals surface area contributed by atoms with E-state index in [4.69, 9.17) is 4.74 Å². The molecule has 1 unspecified atom stereocenters. The number of anilines is 2. The van der Waals surface area contributed by atoms with E-state index in [0.717, 1.165) is 5.69 Å². The van der Waals surface area contributed by atoms with E-state index in [1.807, 2.05) is 0 Å². The van der Waals surface area contributed by atoms with Crippen LogP contribution in [0.2, 0.25) is 0 Å². The molecule has 1 saturated heterocycles. The third-order valence-corrected chi connectivity index (χ3v) is 3.50. The number of rotatable bonds is 3. The molecule has 102 valence electrons. The number of benzene rings is 1. The minimum absolute atomic E-state index is 0.0798. The molecule has 1 atom stereocenters. The molecule has 2 rings (SSSR count). The lowest BCUT2D eigenvalue weighted by Gasteiger charge is -2.18. The average Bonchev–Trinajstić information content (AvgIpc) is 2.68. The van der Waals surface area contributed by atoms with Crippen LogP contribution in [0.1, 0.15) is 13.3 Å². The van der Waals surface area contributed by atoms with Gasteiger partial charge in [-0.25, -0.2) is 0 Å². The number of carbonyl (C=O) groups is 2. The van der Waals surface area contributed by atoms with Gasteiger partial charge in [-0.05, 0) is 12.1 Å². The monoisotopic (exact) mass is 326 g/mol. The van der Waals surface area contributed by atoms with Crippen molar-refractivity contribution in [1.82, 2.24) is 0 Å². The second kappa shape index (κ2) is 5.61. The first kappa shape index (κ1) is 13.9. The van der Waals surface area contributed by atoms with E-state index in [1.54, 1.807) is 23.1 Å². The first-order valence-corrected chi connectivity index (χ1v) is 6.83. The fraction of sp³-hybridized carbons (Fsp3) is 0.385. The van der Waals surface area contributed by atoms with Gasteiger partial charge in [-0.1, -0.05) is 15.9 Å². The summed E-state index contributed by atoms with van der Waals surface area (Å²) in [6, 6.07) is 5.30. The molecule has 0 saturated carbocycles. The van der Waals surface area contributed by atoms with Crippen molar-refractivity contribution in [3.63, 3.8) is 0 Å². The summed E-state index contributed by atoms with van der Waals surface area (Å²) >= 11 is 3.45. The van der Waals surface area contributed by atoms with Crippen molar-refractivity contribution in [2.45, 2.75) is 18.2 Å². The van der Waals surface area contributed by atoms with E-state index in [-0.39, 0.29) is 16.6 Å². The summed E-state index contributed by atoms with van der Waals surface area (Å²) in [5.41, 5.74) is 1.37. The zero-order chi connectivity index (χ0) is 14.0. The molecule has 6 heteroatoms. The highest BCUT2D eigenvalue weighted by Gasteiger charge is 2.29. The summed E-state index contributed by atoms with van der Waals surface area (Å²) in [4.78, 5) is 24.8. The first-order valence-electron chi connectivity index (χ1n) is 5.91. The van der Waals surface area contributed by atoms with Crippen molar-refractivity contribution < 1.29 is 14.3 Å². The first-order chi connectivity index (χ1) is 9.01. The van der Waals surface area contributed by atoms with Crippen molar-refractivity contribution >= 4 is 39.1 Å². The highest BCUT2D eigenvalue weighted by Crippen LogP contribution is 2.32. The van der Waals surface area contributed by atoms with E-state index in [9.17, 15) is 9.59 Å². The number of alkyl halides is 1. The molecule has 1 heterocycles. The van der Waals surface area contributed by atoms with Gasteiger partial charge < -0.3 is 15.0 Å². The van der Waals surface area contributed by atoms with Crippen molar-refractivity contribution in [3.05, 3.63) is 18.2 Å². The molecular formula is C13H15BrN2O3. The Morgan fingerprint density at radius 3 is 2.79 bits per heavy atom. The summed E-state index contributed by atoms with van der Waals surface area (Å²) in [7, 11) is 1.53. The lowest BCUT2D eigenvalue weighted by molar-refractivity contribution is -0.117. The Morgan fingerprint density at radius 2 is 2.26 bits per heavy atom. The number of halogens is 1. The number of hydrogen-bond acceptors (Lipinski definition) is 3. The van der Waals surface area contributed by atoms with Crippen LogP contribution in [0.15, 0.2) is 18.2 Å². The Kier molecular flexibility index (Phi) is 4.09. The van der Waals surface area contributed by atoms with Gasteiger partial charge in [0.25, 0.3) is 0 Å². The van der Waals surface area contributed by atoms with Crippen LogP contribution in [0, 0.1) is 0 Å². The number of hydrogen-bond donors (Lipinski definition) is 1. The van der Waals surface area contributed by atoms with Gasteiger partial charge in [0, 0.05) is 36.5 Å². The highest BCUT2D eigenvalue weighted by atomic mass is 79.9. The molecule has 1 aliphatic rings. The Morgan fingerprint density at radius 1 is 1.53 bits per heavy atom. The molecule has 19 heavy (non-hydrogen) atoms. The number of carbonyl (C=O) groups excluding carboxylic acids is 2. The molecule has 0 radical (unpaired) electrons. The molecule has 0 spiro atoms. The second-order valence-corrected chi connectivity index (χ2v) is 5.67. The lowest BCUT2D eigenvalue weighted by atomic mass is 10.2. The van der Waals surface area contributed by atoms with Gasteiger partial charge >= 0.3 is 0 Å². The molecule has 1 fully saturated rings. The zero-order valence-electron chi connectivity index (χ0n) is 10.8. The Hall–Kier alpha value is -1.56. The SMILES string of the molecule is COc1cc(N2CC(Br)CC2=O)ccc1NC(C)=O. The van der Waals surface area contributed by atoms with E-state index in [1.165, 1.54) is 14.0 Å². The van der Waals surface area contributed by atoms with Crippen molar-refractivity contribution in [1.29, 1.82) is 0 Å². The molecule has 1 aliphatic heterocycles. The maximum absolute atomic E-state index is 11.8. The third kappa shape index (κ3) is 3.07. The van der Waals surface area contributed by atoms with Gasteiger partial charge in [-0.15, -0.1) is 0 Å². The summed E-state index contributed by atoms with van der Waals surface area (Å²) in [5, 5.41) is 2.69. The molecule has 1 N–H and O–H groups in total. The Balaban J connectivity index is 2.28. The van der Waals surface area contributed by atoms with Crippen LogP contribution in [0.25, 0.3) is 0 Å². The standard InChI is InChI=1S/C13H15BrN2O3/c1-8(17)15-11-4-3-10(6-12(11)19-2)16-7-9(14)5-13(16)18/h3-4,6,9H,5,7H2,1-2H3,(H,15,17). The largest absolute Gasteiger partial charge is 0.494 e. The number of nitrogens with zero attached hydrogens (tertiary/aromatic N) is 1. The Bertz CT molecular complexity index is 519. The quantitative estimate of drug-likeness (QED) is 0.866. The van der Waals surface area contributed by atoms with Gasteiger partial charge in [0.1, 0.15) is 5.75 Å². The van der Waals surface area contributed by atoms with Crippen molar-refractivity contribution in [3.8, 4) is 5.75 Å². The van der Waals surface area contributed by atoms with Crippen molar-refractivity contribution in [2.75, 3.05) is 23.9 Å². The number of amides is 2. The van der Waals surface area contributed by atoms with Crippen LogP contribution < -0.4 is 15.0 Å². The zero-order valence-corrected chi connectivity index (χ0v) is 12.4. The predicted molar refractivity (Wildman–Crippen MR) is 77.0 cm³/mol. The maximum atomic E-state index is 11.8. The van der Waals surface area contributed by atoms with Crippen LogP contribution in [0.3, 0.4) is 0 Å². The molecule has 1 aromatic carbocycles. The number of ether oxygens (including phenoxy) is 1. The van der Waals surface area contributed by atoms with E-state index in [2.05, 4.69) is 21.2 Å². The van der Waals surface area contributed by atoms with Crippen LogP contribution in [0.5, 0.6) is 5.75 Å². The van der Waals surface area contributed by atoms with Crippen LogP contribution in [0.4, 0.5) is 11.4 Å². The minimum atomic E-state index is -0.163. The summed E-state index contributed by atoms with van der Waals surface area (Å²) in [6.07, 6.45) is 0.496. The topological polar surface area (TPSA) is 58.6 Å². The van der Waals surface area contributed by atoms with E-state index < -0.39 is 0 Å². The third-order valence-electron chi connectivity index (χ3n) is 2.89. The fourth-order valence-corrected chi connectivity index (χ4v) is 2.62. The molecule has 1 aromatic rings.